The molecule has 7 nitrogen and oxygen atoms in total. The highest BCUT2D eigenvalue weighted by Crippen LogP contribution is 2.19. The average molecular weight is 379 g/mol. The van der Waals surface area contributed by atoms with E-state index >= 15 is 0 Å². The van der Waals surface area contributed by atoms with Crippen LogP contribution in [0.5, 0.6) is 5.75 Å². The molecule has 0 aliphatic rings. The van der Waals surface area contributed by atoms with Gasteiger partial charge in [0.25, 0.3) is 0 Å². The maximum Gasteiger partial charge on any atom is 0.222 e. The molecule has 1 rings (SSSR count). The van der Waals surface area contributed by atoms with Gasteiger partial charge in [-0.2, -0.15) is 0 Å². The predicted octanol–water partition coefficient (Wildman–Crippen LogP) is 1.83. The number of aliphatic imine (C=N–C) groups is 1. The van der Waals surface area contributed by atoms with E-state index in [9.17, 15) is 9.90 Å². The van der Waals surface area contributed by atoms with E-state index in [2.05, 4.69) is 20.9 Å². The third-order valence-corrected chi connectivity index (χ3v) is 3.64. The standard InChI is InChI=1S/C20H34N4O3/c1-6-21-20(23-12-11-22-19(26)14(2)3)24-13-18(25)16-7-9-17(10-8-16)27-15(4)5/h7-10,14-15,18,25H,6,11-13H2,1-5H3,(H,22,26)(H2,21,23,24). The zero-order chi connectivity index (χ0) is 20.2. The van der Waals surface area contributed by atoms with Gasteiger partial charge in [0.05, 0.1) is 18.8 Å². The Morgan fingerprint density at radius 3 is 2.26 bits per heavy atom. The number of aliphatic hydroxyl groups is 1. The van der Waals surface area contributed by atoms with Gasteiger partial charge in [-0.3, -0.25) is 9.79 Å². The second-order valence-corrected chi connectivity index (χ2v) is 6.84. The Labute approximate surface area is 162 Å². The van der Waals surface area contributed by atoms with Gasteiger partial charge in [-0.25, -0.2) is 0 Å². The van der Waals surface area contributed by atoms with Crippen molar-refractivity contribution in [1.82, 2.24) is 16.0 Å². The van der Waals surface area contributed by atoms with Crippen molar-refractivity contribution in [1.29, 1.82) is 0 Å². The van der Waals surface area contributed by atoms with Gasteiger partial charge in [0.1, 0.15) is 5.75 Å². The fourth-order valence-electron chi connectivity index (χ4n) is 2.24. The largest absolute Gasteiger partial charge is 0.491 e. The van der Waals surface area contributed by atoms with Gasteiger partial charge in [0.15, 0.2) is 5.96 Å². The average Bonchev–Trinajstić information content (AvgIpc) is 2.62. The van der Waals surface area contributed by atoms with Crippen LogP contribution in [0.4, 0.5) is 0 Å². The van der Waals surface area contributed by atoms with Crippen LogP contribution in [0, 0.1) is 5.92 Å². The van der Waals surface area contributed by atoms with Crippen LogP contribution < -0.4 is 20.7 Å². The van der Waals surface area contributed by atoms with Crippen molar-refractivity contribution in [2.24, 2.45) is 10.9 Å². The molecule has 0 saturated heterocycles. The van der Waals surface area contributed by atoms with E-state index in [-0.39, 0.29) is 24.5 Å². The summed E-state index contributed by atoms with van der Waals surface area (Å²) < 4.78 is 5.61. The van der Waals surface area contributed by atoms with Crippen LogP contribution in [0.3, 0.4) is 0 Å². The van der Waals surface area contributed by atoms with E-state index in [1.54, 1.807) is 0 Å². The molecule has 1 unspecified atom stereocenters. The summed E-state index contributed by atoms with van der Waals surface area (Å²) in [7, 11) is 0. The number of nitrogens with one attached hydrogen (secondary N) is 3. The minimum Gasteiger partial charge on any atom is -0.491 e. The minimum absolute atomic E-state index is 0.0269. The number of benzene rings is 1. The molecule has 0 aliphatic carbocycles. The van der Waals surface area contributed by atoms with E-state index in [4.69, 9.17) is 4.74 Å². The van der Waals surface area contributed by atoms with E-state index in [1.807, 2.05) is 58.9 Å². The SMILES string of the molecule is CCNC(=NCC(O)c1ccc(OC(C)C)cc1)NCCNC(=O)C(C)C. The molecule has 1 aromatic rings. The molecule has 4 N–H and O–H groups in total. The number of aliphatic hydroxyl groups excluding tert-OH is 1. The van der Waals surface area contributed by atoms with Crippen LogP contribution in [0.1, 0.15) is 46.3 Å². The van der Waals surface area contributed by atoms with Gasteiger partial charge >= 0.3 is 0 Å². The Morgan fingerprint density at radius 1 is 1.07 bits per heavy atom. The second-order valence-electron chi connectivity index (χ2n) is 6.84. The van der Waals surface area contributed by atoms with E-state index < -0.39 is 6.10 Å². The lowest BCUT2D eigenvalue weighted by atomic mass is 10.1. The van der Waals surface area contributed by atoms with Crippen molar-refractivity contribution in [3.63, 3.8) is 0 Å². The summed E-state index contributed by atoms with van der Waals surface area (Å²) in [5.41, 5.74) is 0.787. The Bertz CT molecular complexity index is 585. The number of rotatable bonds is 10. The van der Waals surface area contributed by atoms with Gasteiger partial charge in [0.2, 0.25) is 5.91 Å². The Morgan fingerprint density at radius 2 is 1.70 bits per heavy atom. The third kappa shape index (κ3) is 9.28. The summed E-state index contributed by atoms with van der Waals surface area (Å²) in [5, 5.41) is 19.5. The molecule has 0 aromatic heterocycles. The van der Waals surface area contributed by atoms with E-state index in [0.717, 1.165) is 11.3 Å². The lowest BCUT2D eigenvalue weighted by molar-refractivity contribution is -0.123. The Hall–Kier alpha value is -2.28. The molecule has 0 spiro atoms. The molecule has 152 valence electrons. The first-order valence-electron chi connectivity index (χ1n) is 9.58. The van der Waals surface area contributed by atoms with Crippen LogP contribution in [-0.2, 0) is 4.79 Å². The molecule has 0 saturated carbocycles. The number of carbonyl (C=O) groups is 1. The Balaban J connectivity index is 2.51. The lowest BCUT2D eigenvalue weighted by Crippen LogP contribution is -2.42. The molecule has 1 amide bonds. The highest BCUT2D eigenvalue weighted by molar-refractivity contribution is 5.80. The molecule has 1 atom stereocenters. The van der Waals surface area contributed by atoms with Crippen LogP contribution >= 0.6 is 0 Å². The first kappa shape index (κ1) is 22.8. The Kier molecular flexibility index (Phi) is 10.3. The van der Waals surface area contributed by atoms with Crippen LogP contribution in [0.2, 0.25) is 0 Å². The van der Waals surface area contributed by atoms with Gasteiger partial charge in [0, 0.05) is 25.6 Å². The zero-order valence-corrected chi connectivity index (χ0v) is 17.1. The fraction of sp³-hybridized carbons (Fsp3) is 0.600. The van der Waals surface area contributed by atoms with Crippen LogP contribution in [-0.4, -0.2) is 49.3 Å². The van der Waals surface area contributed by atoms with Crippen molar-refractivity contribution < 1.29 is 14.6 Å². The molecule has 27 heavy (non-hydrogen) atoms. The first-order valence-corrected chi connectivity index (χ1v) is 9.58. The fourth-order valence-corrected chi connectivity index (χ4v) is 2.24. The summed E-state index contributed by atoms with van der Waals surface area (Å²) in [4.78, 5) is 16.0. The number of hydrogen-bond acceptors (Lipinski definition) is 4. The topological polar surface area (TPSA) is 95.0 Å². The molecular weight excluding hydrogens is 344 g/mol. The molecular formula is C20H34N4O3. The number of carbonyl (C=O) groups excluding carboxylic acids is 1. The number of ether oxygens (including phenoxy) is 1. The lowest BCUT2D eigenvalue weighted by Gasteiger charge is -2.15. The summed E-state index contributed by atoms with van der Waals surface area (Å²) in [5.74, 6) is 1.39. The molecule has 0 heterocycles. The van der Waals surface area contributed by atoms with Crippen molar-refractivity contribution in [3.8, 4) is 5.75 Å². The quantitative estimate of drug-likeness (QED) is 0.283. The monoisotopic (exact) mass is 378 g/mol. The maximum atomic E-state index is 11.5. The minimum atomic E-state index is -0.700. The smallest absolute Gasteiger partial charge is 0.222 e. The van der Waals surface area contributed by atoms with Gasteiger partial charge in [-0.1, -0.05) is 26.0 Å². The van der Waals surface area contributed by atoms with E-state index in [0.29, 0.717) is 25.6 Å². The second kappa shape index (κ2) is 12.2. The summed E-state index contributed by atoms with van der Waals surface area (Å²) >= 11 is 0. The summed E-state index contributed by atoms with van der Waals surface area (Å²) in [6, 6.07) is 7.39. The number of hydrogen-bond donors (Lipinski definition) is 4. The third-order valence-electron chi connectivity index (χ3n) is 3.64. The molecule has 0 fully saturated rings. The molecule has 1 aromatic carbocycles. The number of amides is 1. The summed E-state index contributed by atoms with van der Waals surface area (Å²) in [6.45, 7) is 11.7. The molecule has 7 heteroatoms. The van der Waals surface area contributed by atoms with Crippen molar-refractivity contribution in [2.45, 2.75) is 46.8 Å². The van der Waals surface area contributed by atoms with Crippen LogP contribution in [0.15, 0.2) is 29.3 Å². The first-order chi connectivity index (χ1) is 12.8. The van der Waals surface area contributed by atoms with Gasteiger partial charge < -0.3 is 25.8 Å². The summed E-state index contributed by atoms with van der Waals surface area (Å²) in [6.07, 6.45) is -0.585. The zero-order valence-electron chi connectivity index (χ0n) is 17.1. The number of guanidine groups is 1. The predicted molar refractivity (Wildman–Crippen MR) is 109 cm³/mol. The number of nitrogens with zero attached hydrogens (tertiary/aromatic N) is 1. The highest BCUT2D eigenvalue weighted by atomic mass is 16.5. The molecule has 0 aliphatic heterocycles. The molecule has 0 radical (unpaired) electrons. The maximum absolute atomic E-state index is 11.5. The van der Waals surface area contributed by atoms with E-state index in [1.165, 1.54) is 0 Å². The van der Waals surface area contributed by atoms with Crippen molar-refractivity contribution >= 4 is 11.9 Å². The van der Waals surface area contributed by atoms with Crippen LogP contribution in [0.25, 0.3) is 0 Å². The van der Waals surface area contributed by atoms with Crippen molar-refractivity contribution in [3.05, 3.63) is 29.8 Å². The van der Waals surface area contributed by atoms with Gasteiger partial charge in [-0.05, 0) is 38.5 Å². The molecule has 0 bridgehead atoms. The van der Waals surface area contributed by atoms with Crippen molar-refractivity contribution in [2.75, 3.05) is 26.2 Å². The van der Waals surface area contributed by atoms with Gasteiger partial charge in [-0.15, -0.1) is 0 Å². The normalized spacial score (nSPS) is 12.8. The highest BCUT2D eigenvalue weighted by Gasteiger charge is 2.09.